The molecule has 1 rings (SSSR count). The second-order valence-corrected chi connectivity index (χ2v) is 3.61. The summed E-state index contributed by atoms with van der Waals surface area (Å²) >= 11 is 0. The van der Waals surface area contributed by atoms with Crippen molar-refractivity contribution in [1.29, 1.82) is 0 Å². The molecule has 0 aromatic carbocycles. The van der Waals surface area contributed by atoms with Gasteiger partial charge in [-0.1, -0.05) is 13.8 Å². The zero-order valence-electron chi connectivity index (χ0n) is 8.14. The Bertz CT molecular complexity index is 235. The van der Waals surface area contributed by atoms with Crippen LogP contribution in [0, 0.1) is 5.92 Å². The summed E-state index contributed by atoms with van der Waals surface area (Å²) in [5.74, 6) is 0.681. The molecule has 0 saturated carbocycles. The van der Waals surface area contributed by atoms with Crippen LogP contribution in [0.2, 0.25) is 0 Å². The summed E-state index contributed by atoms with van der Waals surface area (Å²) in [6.07, 6.45) is 5.14. The van der Waals surface area contributed by atoms with Crippen LogP contribution in [-0.2, 0) is 0 Å². The van der Waals surface area contributed by atoms with Crippen LogP contribution in [0.4, 0.5) is 0 Å². The zero-order chi connectivity index (χ0) is 9.68. The predicted molar refractivity (Wildman–Crippen MR) is 50.8 cm³/mol. The Kier molecular flexibility index (Phi) is 3.76. The summed E-state index contributed by atoms with van der Waals surface area (Å²) in [5.41, 5.74) is 6.74. The van der Waals surface area contributed by atoms with Crippen molar-refractivity contribution in [3.8, 4) is 0 Å². The van der Waals surface area contributed by atoms with Crippen LogP contribution in [0.25, 0.3) is 0 Å². The zero-order valence-corrected chi connectivity index (χ0v) is 8.14. The van der Waals surface area contributed by atoms with Crippen LogP contribution in [0.5, 0.6) is 0 Å². The molecule has 0 aliphatic carbocycles. The van der Waals surface area contributed by atoms with Gasteiger partial charge in [0.05, 0.1) is 11.9 Å². The average molecular weight is 180 g/mol. The Balaban J connectivity index is 2.44. The molecule has 0 bridgehead atoms. The number of hydrogen-bond acceptors (Lipinski definition) is 4. The van der Waals surface area contributed by atoms with Crippen LogP contribution in [-0.4, -0.2) is 15.2 Å². The predicted octanol–water partition coefficient (Wildman–Crippen LogP) is 1.31. The lowest BCUT2D eigenvalue weighted by molar-refractivity contribution is 0.499. The van der Waals surface area contributed by atoms with Gasteiger partial charge in [0, 0.05) is 6.04 Å². The molecule has 1 aromatic heterocycles. The first-order chi connectivity index (χ1) is 6.20. The number of hydrogen-bond donors (Lipinski definition) is 1. The smallest absolute Gasteiger partial charge is 0.138 e. The van der Waals surface area contributed by atoms with E-state index in [0.29, 0.717) is 5.92 Å². The van der Waals surface area contributed by atoms with Gasteiger partial charge in [-0.25, -0.2) is 4.98 Å². The van der Waals surface area contributed by atoms with E-state index in [9.17, 15) is 0 Å². The van der Waals surface area contributed by atoms with Gasteiger partial charge in [0.1, 0.15) is 6.33 Å². The highest BCUT2D eigenvalue weighted by Gasteiger charge is 2.07. The molecule has 0 aliphatic heterocycles. The van der Waals surface area contributed by atoms with Gasteiger partial charge in [-0.3, -0.25) is 0 Å². The van der Waals surface area contributed by atoms with Crippen LogP contribution >= 0.6 is 0 Å². The lowest BCUT2D eigenvalue weighted by Gasteiger charge is -2.11. The van der Waals surface area contributed by atoms with E-state index < -0.39 is 0 Å². The standard InChI is InChI=1S/C9H16N4/c1-7(2)3-4-8(10)9-5-12-13-6-11-9/h5-8H,3-4,10H2,1-2H3. The van der Waals surface area contributed by atoms with Crippen LogP contribution in [0.1, 0.15) is 38.4 Å². The molecule has 0 radical (unpaired) electrons. The van der Waals surface area contributed by atoms with E-state index in [1.807, 2.05) is 0 Å². The van der Waals surface area contributed by atoms with E-state index in [2.05, 4.69) is 29.0 Å². The molecule has 72 valence electrons. The second-order valence-electron chi connectivity index (χ2n) is 3.61. The van der Waals surface area contributed by atoms with Gasteiger partial charge in [-0.05, 0) is 18.8 Å². The van der Waals surface area contributed by atoms with Crippen molar-refractivity contribution in [3.63, 3.8) is 0 Å². The van der Waals surface area contributed by atoms with Gasteiger partial charge in [0.2, 0.25) is 0 Å². The first-order valence-corrected chi connectivity index (χ1v) is 4.58. The van der Waals surface area contributed by atoms with Crippen molar-refractivity contribution >= 4 is 0 Å². The van der Waals surface area contributed by atoms with Crippen molar-refractivity contribution in [2.24, 2.45) is 11.7 Å². The van der Waals surface area contributed by atoms with Gasteiger partial charge in [-0.15, -0.1) is 5.10 Å². The third kappa shape index (κ3) is 3.46. The fourth-order valence-electron chi connectivity index (χ4n) is 1.10. The molecule has 13 heavy (non-hydrogen) atoms. The minimum Gasteiger partial charge on any atom is -0.323 e. The first kappa shape index (κ1) is 10.1. The highest BCUT2D eigenvalue weighted by atomic mass is 15.1. The molecular formula is C9H16N4. The lowest BCUT2D eigenvalue weighted by Crippen LogP contribution is -2.13. The van der Waals surface area contributed by atoms with Crippen LogP contribution < -0.4 is 5.73 Å². The molecule has 0 aliphatic rings. The molecular weight excluding hydrogens is 164 g/mol. The van der Waals surface area contributed by atoms with E-state index in [1.54, 1.807) is 6.20 Å². The molecule has 0 spiro atoms. The average Bonchev–Trinajstić information content (AvgIpc) is 2.15. The van der Waals surface area contributed by atoms with Gasteiger partial charge in [0.25, 0.3) is 0 Å². The van der Waals surface area contributed by atoms with Gasteiger partial charge in [0.15, 0.2) is 0 Å². The van der Waals surface area contributed by atoms with Crippen molar-refractivity contribution in [1.82, 2.24) is 15.2 Å². The SMILES string of the molecule is CC(C)CCC(N)c1cnncn1. The Morgan fingerprint density at radius 1 is 1.31 bits per heavy atom. The third-order valence-electron chi connectivity index (χ3n) is 1.95. The van der Waals surface area contributed by atoms with E-state index in [0.717, 1.165) is 18.5 Å². The maximum atomic E-state index is 5.91. The highest BCUT2D eigenvalue weighted by Crippen LogP contribution is 2.15. The fraction of sp³-hybridized carbons (Fsp3) is 0.667. The Morgan fingerprint density at radius 2 is 2.08 bits per heavy atom. The number of rotatable bonds is 4. The molecule has 0 amide bonds. The lowest BCUT2D eigenvalue weighted by atomic mass is 10.0. The molecule has 1 atom stereocenters. The van der Waals surface area contributed by atoms with E-state index in [-0.39, 0.29) is 6.04 Å². The Labute approximate surface area is 78.6 Å². The summed E-state index contributed by atoms with van der Waals surface area (Å²) in [4.78, 5) is 4.06. The minimum absolute atomic E-state index is 0.00194. The Morgan fingerprint density at radius 3 is 2.62 bits per heavy atom. The van der Waals surface area contributed by atoms with Crippen LogP contribution in [0.3, 0.4) is 0 Å². The molecule has 2 N–H and O–H groups in total. The number of aromatic nitrogens is 3. The highest BCUT2D eigenvalue weighted by molar-refractivity contribution is 4.98. The summed E-state index contributed by atoms with van der Waals surface area (Å²) in [7, 11) is 0. The maximum absolute atomic E-state index is 5.91. The molecule has 1 heterocycles. The van der Waals surface area contributed by atoms with Gasteiger partial charge in [-0.2, -0.15) is 5.10 Å². The van der Waals surface area contributed by atoms with E-state index in [4.69, 9.17) is 5.73 Å². The first-order valence-electron chi connectivity index (χ1n) is 4.58. The van der Waals surface area contributed by atoms with E-state index >= 15 is 0 Å². The van der Waals surface area contributed by atoms with Crippen molar-refractivity contribution in [2.75, 3.05) is 0 Å². The molecule has 0 saturated heterocycles. The van der Waals surface area contributed by atoms with Gasteiger partial charge >= 0.3 is 0 Å². The monoisotopic (exact) mass is 180 g/mol. The molecule has 1 unspecified atom stereocenters. The van der Waals surface area contributed by atoms with E-state index in [1.165, 1.54) is 6.33 Å². The molecule has 4 nitrogen and oxygen atoms in total. The van der Waals surface area contributed by atoms with Crippen molar-refractivity contribution < 1.29 is 0 Å². The van der Waals surface area contributed by atoms with Crippen molar-refractivity contribution in [2.45, 2.75) is 32.7 Å². The maximum Gasteiger partial charge on any atom is 0.138 e. The third-order valence-corrected chi connectivity index (χ3v) is 1.95. The summed E-state index contributed by atoms with van der Waals surface area (Å²) in [6.45, 7) is 4.37. The van der Waals surface area contributed by atoms with Crippen LogP contribution in [0.15, 0.2) is 12.5 Å². The largest absolute Gasteiger partial charge is 0.323 e. The molecule has 0 fully saturated rings. The molecule has 4 heteroatoms. The summed E-state index contributed by atoms with van der Waals surface area (Å²) in [5, 5.41) is 7.35. The second kappa shape index (κ2) is 4.87. The number of nitrogens with zero attached hydrogens (tertiary/aromatic N) is 3. The van der Waals surface area contributed by atoms with Gasteiger partial charge < -0.3 is 5.73 Å². The number of nitrogens with two attached hydrogens (primary N) is 1. The Hall–Kier alpha value is -1.03. The normalized spacial score (nSPS) is 13.2. The van der Waals surface area contributed by atoms with Crippen molar-refractivity contribution in [3.05, 3.63) is 18.2 Å². The topological polar surface area (TPSA) is 64.7 Å². The molecule has 1 aromatic rings. The summed E-state index contributed by atoms with van der Waals surface area (Å²) < 4.78 is 0. The quantitative estimate of drug-likeness (QED) is 0.758. The minimum atomic E-state index is -0.00194. The summed E-state index contributed by atoms with van der Waals surface area (Å²) in [6, 6.07) is -0.00194. The fourth-order valence-corrected chi connectivity index (χ4v) is 1.10.